The van der Waals surface area contributed by atoms with Gasteiger partial charge in [0.05, 0.1) is 12.7 Å². The van der Waals surface area contributed by atoms with Crippen LogP contribution in [0, 0.1) is 0 Å². The minimum Gasteiger partial charge on any atom is -0.496 e. The number of aliphatic hydroxyl groups is 1. The van der Waals surface area contributed by atoms with Crippen molar-refractivity contribution < 1.29 is 24.2 Å². The van der Waals surface area contributed by atoms with E-state index in [0.717, 1.165) is 5.56 Å². The van der Waals surface area contributed by atoms with Crippen LogP contribution in [0.15, 0.2) is 24.3 Å². The minimum atomic E-state index is -1.00. The number of ether oxygens (including phenoxy) is 2. The van der Waals surface area contributed by atoms with Crippen LogP contribution in [0.2, 0.25) is 0 Å². The Morgan fingerprint density at radius 1 is 1.22 bits per heavy atom. The number of carbonyl (C=O) groups excluding carboxylic acids is 2. The Morgan fingerprint density at radius 3 is 2.57 bits per heavy atom. The van der Waals surface area contributed by atoms with Crippen LogP contribution < -0.4 is 15.4 Å². The van der Waals surface area contributed by atoms with Crippen LogP contribution in [-0.2, 0) is 20.9 Å². The van der Waals surface area contributed by atoms with Crippen molar-refractivity contribution >= 4 is 11.8 Å². The molecule has 1 heterocycles. The zero-order valence-electron chi connectivity index (χ0n) is 13.1. The van der Waals surface area contributed by atoms with Crippen LogP contribution in [0.3, 0.4) is 0 Å². The molecule has 0 saturated carbocycles. The van der Waals surface area contributed by atoms with Crippen molar-refractivity contribution in [3.05, 3.63) is 29.8 Å². The number of amides is 2. The van der Waals surface area contributed by atoms with Gasteiger partial charge in [0.25, 0.3) is 0 Å². The Balaban J connectivity index is 1.79. The molecule has 1 aliphatic rings. The maximum absolute atomic E-state index is 11.8. The number of hydrogen-bond donors (Lipinski definition) is 3. The van der Waals surface area contributed by atoms with Crippen LogP contribution in [0.4, 0.5) is 0 Å². The van der Waals surface area contributed by atoms with Gasteiger partial charge in [-0.3, -0.25) is 9.59 Å². The molecule has 1 aromatic carbocycles. The van der Waals surface area contributed by atoms with Crippen LogP contribution in [0.25, 0.3) is 0 Å². The highest BCUT2D eigenvalue weighted by Crippen LogP contribution is 2.19. The van der Waals surface area contributed by atoms with Crippen molar-refractivity contribution in [2.45, 2.75) is 25.0 Å². The van der Waals surface area contributed by atoms with Crippen molar-refractivity contribution in [3.63, 3.8) is 0 Å². The molecule has 2 amide bonds. The molecule has 7 nitrogen and oxygen atoms in total. The molecule has 7 heteroatoms. The molecule has 1 fully saturated rings. The number of carbonyl (C=O) groups is 2. The van der Waals surface area contributed by atoms with Crippen molar-refractivity contribution in [1.29, 1.82) is 0 Å². The van der Waals surface area contributed by atoms with Gasteiger partial charge in [-0.2, -0.15) is 0 Å². The zero-order chi connectivity index (χ0) is 16.7. The zero-order valence-corrected chi connectivity index (χ0v) is 13.1. The van der Waals surface area contributed by atoms with E-state index in [4.69, 9.17) is 9.47 Å². The average Bonchev–Trinajstić information content (AvgIpc) is 2.58. The number of rotatable bonds is 5. The topological polar surface area (TPSA) is 96.9 Å². The average molecular weight is 322 g/mol. The normalized spacial score (nSPS) is 16.4. The maximum Gasteiger partial charge on any atom is 0.309 e. The lowest BCUT2D eigenvalue weighted by molar-refractivity contribution is -0.140. The molecule has 126 valence electrons. The molecule has 0 aliphatic carbocycles. The third kappa shape index (κ3) is 4.94. The molecule has 3 N–H and O–H groups in total. The monoisotopic (exact) mass is 322 g/mol. The molecule has 23 heavy (non-hydrogen) atoms. The van der Waals surface area contributed by atoms with Gasteiger partial charge in [-0.1, -0.05) is 18.2 Å². The molecule has 0 spiro atoms. The van der Waals surface area contributed by atoms with Crippen molar-refractivity contribution in [2.24, 2.45) is 0 Å². The van der Waals surface area contributed by atoms with Crippen molar-refractivity contribution in [1.82, 2.24) is 10.6 Å². The largest absolute Gasteiger partial charge is 0.496 e. The summed E-state index contributed by atoms with van der Waals surface area (Å²) in [6.45, 7) is 1.13. The summed E-state index contributed by atoms with van der Waals surface area (Å²) >= 11 is 0. The number of nitrogens with one attached hydrogen (secondary N) is 2. The lowest BCUT2D eigenvalue weighted by Gasteiger charge is -2.31. The van der Waals surface area contributed by atoms with Gasteiger partial charge in [0.15, 0.2) is 0 Å². The summed E-state index contributed by atoms with van der Waals surface area (Å²) in [5, 5.41) is 15.2. The summed E-state index contributed by atoms with van der Waals surface area (Å²) in [5.74, 6) is -0.865. The van der Waals surface area contributed by atoms with E-state index in [0.29, 0.717) is 31.8 Å². The quantitative estimate of drug-likeness (QED) is 0.662. The summed E-state index contributed by atoms with van der Waals surface area (Å²) in [4.78, 5) is 23.6. The second-order valence-corrected chi connectivity index (χ2v) is 5.51. The molecule has 0 unspecified atom stereocenters. The Morgan fingerprint density at radius 2 is 1.87 bits per heavy atom. The smallest absolute Gasteiger partial charge is 0.309 e. The first-order valence-electron chi connectivity index (χ1n) is 7.52. The highest BCUT2D eigenvalue weighted by Gasteiger charge is 2.30. The molecule has 1 saturated heterocycles. The first-order valence-corrected chi connectivity index (χ1v) is 7.52. The highest BCUT2D eigenvalue weighted by atomic mass is 16.5. The second-order valence-electron chi connectivity index (χ2n) is 5.51. The summed E-state index contributed by atoms with van der Waals surface area (Å²) in [6, 6.07) is 7.24. The van der Waals surface area contributed by atoms with Gasteiger partial charge in [0, 0.05) is 44.7 Å². The highest BCUT2D eigenvalue weighted by molar-refractivity contribution is 6.35. The van der Waals surface area contributed by atoms with Gasteiger partial charge < -0.3 is 25.2 Å². The molecular weight excluding hydrogens is 300 g/mol. The van der Waals surface area contributed by atoms with E-state index in [9.17, 15) is 14.7 Å². The second kappa shape index (κ2) is 7.94. The third-order valence-corrected chi connectivity index (χ3v) is 3.84. The van der Waals surface area contributed by atoms with Gasteiger partial charge in [-0.05, 0) is 6.07 Å². The van der Waals surface area contributed by atoms with Crippen molar-refractivity contribution in [3.8, 4) is 5.75 Å². The Kier molecular flexibility index (Phi) is 5.95. The minimum absolute atomic E-state index is 0.0390. The molecule has 1 aliphatic heterocycles. The van der Waals surface area contributed by atoms with Gasteiger partial charge in [0.2, 0.25) is 0 Å². The summed E-state index contributed by atoms with van der Waals surface area (Å²) in [6.07, 6.45) is 0.881. The van der Waals surface area contributed by atoms with E-state index in [1.807, 2.05) is 18.2 Å². The molecule has 0 atom stereocenters. The summed E-state index contributed by atoms with van der Waals surface area (Å²) in [5.41, 5.74) is -0.226. The predicted molar refractivity (Wildman–Crippen MR) is 82.9 cm³/mol. The standard InChI is InChI=1S/C16H22N2O5/c1-22-13-5-3-2-4-12(13)10-17-14(19)15(20)18-11-16(21)6-8-23-9-7-16/h2-5,21H,6-11H2,1H3,(H,17,19)(H,18,20). The fraction of sp³-hybridized carbons (Fsp3) is 0.500. The molecule has 0 aromatic heterocycles. The first-order chi connectivity index (χ1) is 11.0. The van der Waals surface area contributed by atoms with Gasteiger partial charge in [0.1, 0.15) is 5.75 Å². The Labute approximate surface area is 135 Å². The molecular formula is C16H22N2O5. The third-order valence-electron chi connectivity index (χ3n) is 3.84. The van der Waals surface area contributed by atoms with E-state index in [1.54, 1.807) is 13.2 Å². The molecule has 2 rings (SSSR count). The fourth-order valence-electron chi connectivity index (χ4n) is 2.36. The van der Waals surface area contributed by atoms with Gasteiger partial charge in [-0.25, -0.2) is 0 Å². The molecule has 1 aromatic rings. The number of methoxy groups -OCH3 is 1. The first kappa shape index (κ1) is 17.2. The van der Waals surface area contributed by atoms with Gasteiger partial charge >= 0.3 is 11.8 Å². The summed E-state index contributed by atoms with van der Waals surface area (Å²) in [7, 11) is 1.54. The lowest BCUT2D eigenvalue weighted by atomic mass is 9.94. The van der Waals surface area contributed by atoms with Crippen LogP contribution in [0.1, 0.15) is 18.4 Å². The summed E-state index contributed by atoms with van der Waals surface area (Å²) < 4.78 is 10.3. The Bertz CT molecular complexity index is 555. The maximum atomic E-state index is 11.8. The van der Waals surface area contributed by atoms with E-state index in [1.165, 1.54) is 0 Å². The molecule has 0 radical (unpaired) electrons. The van der Waals surface area contributed by atoms with E-state index in [-0.39, 0.29) is 13.1 Å². The lowest BCUT2D eigenvalue weighted by Crippen LogP contribution is -2.49. The SMILES string of the molecule is COc1ccccc1CNC(=O)C(=O)NCC1(O)CCOCC1. The molecule has 0 bridgehead atoms. The predicted octanol–water partition coefficient (Wildman–Crippen LogP) is -0.0309. The number of hydrogen-bond acceptors (Lipinski definition) is 5. The van der Waals surface area contributed by atoms with E-state index < -0.39 is 17.4 Å². The van der Waals surface area contributed by atoms with Crippen LogP contribution in [-0.4, -0.2) is 49.4 Å². The fourth-order valence-corrected chi connectivity index (χ4v) is 2.36. The van der Waals surface area contributed by atoms with Crippen LogP contribution in [0.5, 0.6) is 5.75 Å². The number of para-hydroxylation sites is 1. The van der Waals surface area contributed by atoms with Gasteiger partial charge in [-0.15, -0.1) is 0 Å². The Hall–Kier alpha value is -2.12. The van der Waals surface area contributed by atoms with E-state index >= 15 is 0 Å². The van der Waals surface area contributed by atoms with Crippen LogP contribution >= 0.6 is 0 Å². The van der Waals surface area contributed by atoms with E-state index in [2.05, 4.69) is 10.6 Å². The number of benzene rings is 1. The van der Waals surface area contributed by atoms with Crippen molar-refractivity contribution in [2.75, 3.05) is 26.9 Å².